The molecule has 0 aliphatic carbocycles. The van der Waals surface area contributed by atoms with E-state index in [4.69, 9.17) is 20.6 Å². The molecule has 0 saturated carbocycles. The lowest BCUT2D eigenvalue weighted by Crippen LogP contribution is -1.95. The molecule has 0 unspecified atom stereocenters. The Morgan fingerprint density at radius 3 is 1.14 bits per heavy atom. The molecule has 0 amide bonds. The Labute approximate surface area is 231 Å². The van der Waals surface area contributed by atoms with Crippen molar-refractivity contribution in [3.8, 4) is 46.0 Å². The number of nitrogen functional groups attached to an aromatic ring is 2. The summed E-state index contributed by atoms with van der Waals surface area (Å²) in [7, 11) is 0. The molecule has 7 rings (SSSR count). The minimum atomic E-state index is -1.17. The van der Waals surface area contributed by atoms with Crippen LogP contribution in [0.1, 0.15) is 0 Å². The Bertz CT molecular complexity index is 2260. The van der Waals surface area contributed by atoms with Crippen molar-refractivity contribution >= 4 is 66.4 Å². The highest BCUT2D eigenvalue weighted by Crippen LogP contribution is 2.52. The maximum Gasteiger partial charge on any atom is 0.252 e. The maximum atomic E-state index is 11.2. The van der Waals surface area contributed by atoms with Crippen molar-refractivity contribution in [2.75, 3.05) is 11.5 Å². The van der Waals surface area contributed by atoms with E-state index in [9.17, 15) is 40.9 Å². The quantitative estimate of drug-likeness (QED) is 0.0686. The second-order valence-corrected chi connectivity index (χ2v) is 9.54. The zero-order valence-electron chi connectivity index (χ0n) is 21.1. The van der Waals surface area contributed by atoms with Crippen molar-refractivity contribution in [3.63, 3.8) is 0 Å². The van der Waals surface area contributed by atoms with Crippen LogP contribution in [0.2, 0.25) is 0 Å². The molecule has 4 aromatic carbocycles. The van der Waals surface area contributed by atoms with Crippen molar-refractivity contribution in [2.45, 2.75) is 0 Å². The van der Waals surface area contributed by atoms with Gasteiger partial charge in [-0.1, -0.05) is 36.4 Å². The van der Waals surface area contributed by atoms with Crippen molar-refractivity contribution < 1.29 is 50.0 Å². The molecule has 12 N–H and O–H groups in total. The molecule has 14 nitrogen and oxygen atoms in total. The van der Waals surface area contributed by atoms with E-state index in [-0.39, 0.29) is 22.4 Å². The monoisotopic (exact) mass is 572 g/mol. The van der Waals surface area contributed by atoms with E-state index >= 15 is 0 Å². The van der Waals surface area contributed by atoms with Crippen molar-refractivity contribution in [3.05, 3.63) is 48.5 Å². The van der Waals surface area contributed by atoms with E-state index < -0.39 is 68.2 Å². The molecule has 0 radical (unpaired) electrons. The number of fused-ring (bicyclic) bond motifs is 11. The topological polar surface area (TPSA) is 249 Å². The van der Waals surface area contributed by atoms with Gasteiger partial charge in [0.05, 0.1) is 33.4 Å². The molecule has 14 heteroatoms. The Kier molecular flexibility index (Phi) is 4.71. The second-order valence-electron chi connectivity index (χ2n) is 9.54. The minimum Gasteiger partial charge on any atom is -0.503 e. The smallest absolute Gasteiger partial charge is 0.252 e. The van der Waals surface area contributed by atoms with Gasteiger partial charge in [0.1, 0.15) is 11.0 Å². The molecule has 0 spiro atoms. The summed E-state index contributed by atoms with van der Waals surface area (Å²) in [6, 6.07) is 13.2. The number of benzene rings is 4. The first kappa shape index (κ1) is 24.6. The van der Waals surface area contributed by atoms with Crippen LogP contribution < -0.4 is 11.5 Å². The number of para-hydroxylation sites is 2. The first-order valence-electron chi connectivity index (χ1n) is 12.2. The van der Waals surface area contributed by atoms with Crippen LogP contribution in [0.5, 0.6) is 46.0 Å². The summed E-state index contributed by atoms with van der Waals surface area (Å²) in [6.45, 7) is 0. The van der Waals surface area contributed by atoms with Gasteiger partial charge in [0, 0.05) is 10.8 Å². The van der Waals surface area contributed by atoms with Crippen LogP contribution in [0.25, 0.3) is 55.0 Å². The summed E-state index contributed by atoms with van der Waals surface area (Å²) in [5, 5.41) is 86.7. The van der Waals surface area contributed by atoms with Crippen molar-refractivity contribution in [2.24, 2.45) is 0 Å². The summed E-state index contributed by atoms with van der Waals surface area (Å²) in [5.41, 5.74) is 11.8. The van der Waals surface area contributed by atoms with Gasteiger partial charge in [0.2, 0.25) is 34.5 Å². The molecule has 3 heterocycles. The van der Waals surface area contributed by atoms with Crippen LogP contribution in [-0.2, 0) is 0 Å². The van der Waals surface area contributed by atoms with E-state index in [1.165, 1.54) is 8.80 Å². The zero-order chi connectivity index (χ0) is 29.8. The van der Waals surface area contributed by atoms with E-state index in [0.29, 0.717) is 21.8 Å². The van der Waals surface area contributed by atoms with Gasteiger partial charge < -0.3 is 52.3 Å². The van der Waals surface area contributed by atoms with Crippen LogP contribution in [0.15, 0.2) is 57.7 Å². The van der Waals surface area contributed by atoms with Gasteiger partial charge in [-0.3, -0.25) is 18.0 Å². The first-order valence-corrected chi connectivity index (χ1v) is 12.2. The van der Waals surface area contributed by atoms with E-state index in [1.807, 2.05) is 0 Å². The number of aromatic nitrogens is 2. The standard InChI is InChI=1S/C28H20N4O10/c29-13-9-5-1-3-7-11(9)31-15(13)16-14(30)10-6-2-4-8-12(10)32(16)18-20(34)22(36)24(38)26(40)28(18)42-41-27-17(31)19(33)21(35)23(37)25(27)39/h1-8,33-40H,29-30H2. The highest BCUT2D eigenvalue weighted by Gasteiger charge is 2.28. The zero-order valence-corrected chi connectivity index (χ0v) is 21.1. The third-order valence-electron chi connectivity index (χ3n) is 7.36. The SMILES string of the molecule is Nc1c2ccccc2n2c3c(O)c(O)c(O)c(O)c3ooc3c(O)c(O)c(O)c(O)c3n3c4ccccc4c(N)c3c12. The lowest BCUT2D eigenvalue weighted by atomic mass is 10.2. The van der Waals surface area contributed by atoms with Crippen LogP contribution in [0.4, 0.5) is 11.4 Å². The Morgan fingerprint density at radius 1 is 0.429 bits per heavy atom. The van der Waals surface area contributed by atoms with Crippen molar-refractivity contribution in [1.29, 1.82) is 0 Å². The molecule has 0 saturated heterocycles. The fourth-order valence-electron chi connectivity index (χ4n) is 5.44. The number of hydrogen-bond donors (Lipinski definition) is 10. The summed E-state index contributed by atoms with van der Waals surface area (Å²) in [4.78, 5) is 0. The second kappa shape index (κ2) is 8.04. The normalized spacial score (nSPS) is 11.8. The fraction of sp³-hybridized carbons (Fsp3) is 0. The van der Waals surface area contributed by atoms with E-state index in [2.05, 4.69) is 0 Å². The van der Waals surface area contributed by atoms with Gasteiger partial charge in [0.15, 0.2) is 11.5 Å². The maximum absolute atomic E-state index is 11.2. The Balaban J connectivity index is 2.07. The third-order valence-corrected chi connectivity index (χ3v) is 7.36. The molecule has 0 atom stereocenters. The highest BCUT2D eigenvalue weighted by molar-refractivity contribution is 6.17. The van der Waals surface area contributed by atoms with Gasteiger partial charge in [-0.05, 0) is 12.1 Å². The van der Waals surface area contributed by atoms with Crippen LogP contribution >= 0.6 is 0 Å². The molecule has 0 fully saturated rings. The molecular weight excluding hydrogens is 552 g/mol. The summed E-state index contributed by atoms with van der Waals surface area (Å²) >= 11 is 0. The first-order chi connectivity index (χ1) is 20.1. The minimum absolute atomic E-state index is 0.0360. The molecule has 0 bridgehead atoms. The molecule has 0 aliphatic heterocycles. The Hall–Kier alpha value is -6.44. The van der Waals surface area contributed by atoms with Gasteiger partial charge in [-0.25, -0.2) is 0 Å². The summed E-state index contributed by atoms with van der Waals surface area (Å²) in [5.74, 6) is -8.67. The van der Waals surface area contributed by atoms with Gasteiger partial charge >= 0.3 is 0 Å². The third kappa shape index (κ3) is 2.81. The van der Waals surface area contributed by atoms with Gasteiger partial charge in [0.25, 0.3) is 11.2 Å². The van der Waals surface area contributed by atoms with Gasteiger partial charge in [-0.2, -0.15) is 0 Å². The van der Waals surface area contributed by atoms with Gasteiger partial charge in [-0.15, -0.1) is 0 Å². The number of phenolic OH excluding ortho intramolecular Hbond substituents is 8. The van der Waals surface area contributed by atoms with Crippen molar-refractivity contribution in [1.82, 2.24) is 8.80 Å². The van der Waals surface area contributed by atoms with Crippen LogP contribution in [-0.4, -0.2) is 49.7 Å². The Morgan fingerprint density at radius 2 is 0.762 bits per heavy atom. The molecule has 0 aliphatic rings. The molecule has 42 heavy (non-hydrogen) atoms. The summed E-state index contributed by atoms with van der Waals surface area (Å²) < 4.78 is 13.3. The predicted octanol–water partition coefficient (Wildman–Crippen LogP) is 4.49. The largest absolute Gasteiger partial charge is 0.503 e. The average molecular weight is 572 g/mol. The van der Waals surface area contributed by atoms with Crippen LogP contribution in [0.3, 0.4) is 0 Å². The number of rotatable bonds is 0. The number of aromatic hydroxyl groups is 8. The molecule has 7 aromatic rings. The number of phenols is 8. The molecular formula is C28H20N4O10. The number of hydrogen-bond acceptors (Lipinski definition) is 12. The number of nitrogens with two attached hydrogens (primary N) is 2. The summed E-state index contributed by atoms with van der Waals surface area (Å²) in [6.07, 6.45) is 0. The highest BCUT2D eigenvalue weighted by atomic mass is 17.0. The van der Waals surface area contributed by atoms with E-state index in [0.717, 1.165) is 0 Å². The number of anilines is 2. The number of nitrogens with zero attached hydrogens (tertiary/aromatic N) is 2. The lowest BCUT2D eigenvalue weighted by Gasteiger charge is -2.11. The average Bonchev–Trinajstić information content (AvgIpc) is 3.44. The predicted molar refractivity (Wildman–Crippen MR) is 151 cm³/mol. The van der Waals surface area contributed by atoms with Crippen LogP contribution in [0, 0.1) is 0 Å². The van der Waals surface area contributed by atoms with E-state index in [1.54, 1.807) is 48.5 Å². The molecule has 212 valence electrons. The molecule has 3 aromatic heterocycles. The lowest BCUT2D eigenvalue weighted by molar-refractivity contribution is 0.0860. The fourth-order valence-corrected chi connectivity index (χ4v) is 5.44.